The molecule has 0 unspecified atom stereocenters. The van der Waals surface area contributed by atoms with Crippen molar-refractivity contribution < 1.29 is 39.0 Å². The summed E-state index contributed by atoms with van der Waals surface area (Å²) in [5.41, 5.74) is 4.06. The van der Waals surface area contributed by atoms with Crippen molar-refractivity contribution >= 4 is 69.6 Å². The van der Waals surface area contributed by atoms with Crippen LogP contribution in [0.1, 0.15) is 20.8 Å². The molecule has 12 heteroatoms. The average molecular weight is 611 g/mol. The van der Waals surface area contributed by atoms with E-state index >= 15 is 0 Å². The number of hydrogen-bond donors (Lipinski definition) is 2. The van der Waals surface area contributed by atoms with E-state index in [4.69, 9.17) is 19.2 Å². The zero-order chi connectivity index (χ0) is 29.2. The second-order valence-corrected chi connectivity index (χ2v) is 12.0. The summed E-state index contributed by atoms with van der Waals surface area (Å²) in [6, 6.07) is 19.9. The molecule has 0 atom stereocenters. The molecule has 0 saturated heterocycles. The molecular formula is C28H18O8S4. The number of carboxylic acid groups (broad SMARTS) is 2. The first-order valence-corrected chi connectivity index (χ1v) is 14.5. The molecule has 0 saturated carbocycles. The van der Waals surface area contributed by atoms with Gasteiger partial charge < -0.3 is 10.2 Å². The number of benzene rings is 1. The molecule has 40 heavy (non-hydrogen) atoms. The molecular weight excluding hydrogens is 593 g/mol. The van der Waals surface area contributed by atoms with Gasteiger partial charge in [0.15, 0.2) is 0 Å². The van der Waals surface area contributed by atoms with Crippen molar-refractivity contribution in [1.29, 1.82) is 0 Å². The Hall–Kier alpha value is -4.28. The van der Waals surface area contributed by atoms with Crippen LogP contribution in [0.5, 0.6) is 0 Å². The molecule has 0 amide bonds. The number of aliphatic carboxylic acids is 1. The molecule has 0 radical (unpaired) electrons. The largest absolute Gasteiger partial charge is 0.481 e. The van der Waals surface area contributed by atoms with E-state index in [0.717, 1.165) is 31.3 Å². The quantitative estimate of drug-likeness (QED) is 0.199. The van der Waals surface area contributed by atoms with Crippen molar-refractivity contribution in [1.82, 2.24) is 0 Å². The molecule has 4 aromatic heterocycles. The second-order valence-electron chi connectivity index (χ2n) is 7.85. The van der Waals surface area contributed by atoms with E-state index in [1.807, 2.05) is 18.2 Å². The standard InChI is InChI=1S/C26H18O4S4.2CO2/c1-14-11-21(18-3-2-10-31-18)33-24(14)15-4-6-16(7-5-15)25-17(13-23(27)28)12-22(34-25)19-8-9-20(32-19)26(29)30;2*2-1-3/h2-12H,13H2,1H3,(H,27,28)(H,29,30);;. The molecule has 0 spiro atoms. The third kappa shape index (κ3) is 7.43. The lowest BCUT2D eigenvalue weighted by atomic mass is 10.0. The summed E-state index contributed by atoms with van der Waals surface area (Å²) in [7, 11) is 0. The van der Waals surface area contributed by atoms with E-state index in [9.17, 15) is 19.8 Å². The van der Waals surface area contributed by atoms with Gasteiger partial charge in [0.25, 0.3) is 0 Å². The SMILES string of the molecule is Cc1cc(-c2cccs2)sc1-c1ccc(-c2sc(-c3ccc(C(=O)O)s3)cc2CC(=O)O)cc1.O=C=O.O=C=O. The van der Waals surface area contributed by atoms with Gasteiger partial charge in [-0.25, -0.2) is 4.79 Å². The van der Waals surface area contributed by atoms with Crippen LogP contribution in [0.25, 0.3) is 40.4 Å². The monoisotopic (exact) mass is 610 g/mol. The smallest absolute Gasteiger partial charge is 0.373 e. The summed E-state index contributed by atoms with van der Waals surface area (Å²) < 4.78 is 0. The highest BCUT2D eigenvalue weighted by molar-refractivity contribution is 7.25. The van der Waals surface area contributed by atoms with Crippen LogP contribution in [0.4, 0.5) is 0 Å². The second kappa shape index (κ2) is 14.2. The van der Waals surface area contributed by atoms with Gasteiger partial charge in [0.05, 0.1) is 6.42 Å². The maximum absolute atomic E-state index is 11.5. The van der Waals surface area contributed by atoms with Gasteiger partial charge in [-0.2, -0.15) is 19.2 Å². The van der Waals surface area contributed by atoms with Crippen LogP contribution in [0, 0.1) is 6.92 Å². The van der Waals surface area contributed by atoms with Crippen LogP contribution in [0.15, 0.2) is 66.0 Å². The molecule has 0 fully saturated rings. The first kappa shape index (κ1) is 30.3. The summed E-state index contributed by atoms with van der Waals surface area (Å²) in [6.45, 7) is 2.12. The minimum atomic E-state index is -0.958. The molecule has 5 aromatic rings. The lowest BCUT2D eigenvalue weighted by Gasteiger charge is -2.05. The molecule has 0 aliphatic heterocycles. The Kier molecular flexibility index (Phi) is 10.7. The first-order valence-electron chi connectivity index (χ1n) is 11.1. The highest BCUT2D eigenvalue weighted by atomic mass is 32.1. The number of aromatic carboxylic acids is 1. The minimum absolute atomic E-state index is 0.0844. The Bertz CT molecular complexity index is 1660. The average Bonchev–Trinajstić information content (AvgIpc) is 3.71. The van der Waals surface area contributed by atoms with Gasteiger partial charge in [-0.15, -0.1) is 45.3 Å². The molecule has 4 heterocycles. The summed E-state index contributed by atoms with van der Waals surface area (Å²) in [5, 5.41) is 20.7. The van der Waals surface area contributed by atoms with Gasteiger partial charge in [-0.3, -0.25) is 4.79 Å². The highest BCUT2D eigenvalue weighted by Crippen LogP contribution is 2.43. The van der Waals surface area contributed by atoms with Crippen LogP contribution in [0.3, 0.4) is 0 Å². The summed E-state index contributed by atoms with van der Waals surface area (Å²) in [5.74, 6) is -1.85. The zero-order valence-electron chi connectivity index (χ0n) is 20.5. The normalized spacial score (nSPS) is 9.82. The van der Waals surface area contributed by atoms with E-state index < -0.39 is 11.9 Å². The Morgan fingerprint density at radius 3 is 1.82 bits per heavy atom. The van der Waals surface area contributed by atoms with Crippen LogP contribution >= 0.6 is 45.3 Å². The first-order chi connectivity index (χ1) is 19.2. The molecule has 5 rings (SSSR count). The number of thiophene rings is 4. The Morgan fingerprint density at radius 2 is 1.30 bits per heavy atom. The molecule has 0 bridgehead atoms. The maximum atomic E-state index is 11.5. The Labute approximate surface area is 243 Å². The zero-order valence-corrected chi connectivity index (χ0v) is 23.8. The summed E-state index contributed by atoms with van der Waals surface area (Å²) >= 11 is 6.21. The maximum Gasteiger partial charge on any atom is 0.373 e. The van der Waals surface area contributed by atoms with E-state index in [1.165, 1.54) is 42.9 Å². The number of rotatable bonds is 7. The fraction of sp³-hybridized carbons (Fsp3) is 0.0714. The topological polar surface area (TPSA) is 143 Å². The molecule has 2 N–H and O–H groups in total. The molecule has 8 nitrogen and oxygen atoms in total. The van der Waals surface area contributed by atoms with Crippen molar-refractivity contribution in [2.24, 2.45) is 0 Å². The lowest BCUT2D eigenvalue weighted by Crippen LogP contribution is -1.99. The van der Waals surface area contributed by atoms with Crippen LogP contribution in [0.2, 0.25) is 0 Å². The van der Waals surface area contributed by atoms with Gasteiger partial charge in [0.1, 0.15) is 4.88 Å². The number of carbonyl (C=O) groups excluding carboxylic acids is 4. The molecule has 202 valence electrons. The van der Waals surface area contributed by atoms with Crippen molar-refractivity contribution in [3.63, 3.8) is 0 Å². The van der Waals surface area contributed by atoms with Crippen molar-refractivity contribution in [3.05, 3.63) is 82.0 Å². The third-order valence-corrected chi connectivity index (χ3v) is 10.1. The van der Waals surface area contributed by atoms with E-state index in [-0.39, 0.29) is 23.6 Å². The van der Waals surface area contributed by atoms with Crippen LogP contribution in [-0.4, -0.2) is 34.5 Å². The van der Waals surface area contributed by atoms with Gasteiger partial charge >= 0.3 is 24.2 Å². The Morgan fingerprint density at radius 1 is 0.725 bits per heavy atom. The minimum Gasteiger partial charge on any atom is -0.481 e. The van der Waals surface area contributed by atoms with Crippen molar-refractivity contribution in [2.45, 2.75) is 13.3 Å². The highest BCUT2D eigenvalue weighted by Gasteiger charge is 2.18. The predicted molar refractivity (Wildman–Crippen MR) is 153 cm³/mol. The van der Waals surface area contributed by atoms with Crippen LogP contribution in [-0.2, 0) is 30.4 Å². The number of aryl methyl sites for hydroxylation is 1. The lowest BCUT2D eigenvalue weighted by molar-refractivity contribution is -0.193. The van der Waals surface area contributed by atoms with Gasteiger partial charge in [-0.05, 0) is 64.9 Å². The van der Waals surface area contributed by atoms with Crippen molar-refractivity contribution in [3.8, 4) is 40.4 Å². The fourth-order valence-electron chi connectivity index (χ4n) is 3.76. The molecule has 0 aliphatic carbocycles. The molecule has 1 aromatic carbocycles. The van der Waals surface area contributed by atoms with Gasteiger partial charge in [0.2, 0.25) is 0 Å². The third-order valence-electron chi connectivity index (χ3n) is 5.30. The predicted octanol–water partition coefficient (Wildman–Crippen LogP) is 7.07. The van der Waals surface area contributed by atoms with Gasteiger partial charge in [0, 0.05) is 29.3 Å². The van der Waals surface area contributed by atoms with E-state index in [0.29, 0.717) is 0 Å². The number of carbonyl (C=O) groups is 2. The van der Waals surface area contributed by atoms with Crippen molar-refractivity contribution in [2.75, 3.05) is 0 Å². The van der Waals surface area contributed by atoms with Crippen LogP contribution < -0.4 is 0 Å². The number of hydrogen-bond acceptors (Lipinski definition) is 10. The number of carboxylic acids is 2. The summed E-state index contributed by atoms with van der Waals surface area (Å²) in [4.78, 5) is 61.9. The van der Waals surface area contributed by atoms with E-state index in [1.54, 1.807) is 34.8 Å². The fourth-order valence-corrected chi connectivity index (χ4v) is 7.87. The van der Waals surface area contributed by atoms with Gasteiger partial charge in [-0.1, -0.05) is 30.3 Å². The Balaban J connectivity index is 0.000000676. The van der Waals surface area contributed by atoms with E-state index in [2.05, 4.69) is 42.6 Å². The molecule has 0 aliphatic rings. The summed E-state index contributed by atoms with van der Waals surface area (Å²) in [6.07, 6.45) is 0.416.